The zero-order valence-corrected chi connectivity index (χ0v) is 8.93. The van der Waals surface area contributed by atoms with E-state index in [1.165, 1.54) is 16.0 Å². The highest BCUT2D eigenvalue weighted by molar-refractivity contribution is 7.10. The molecule has 0 fully saturated rings. The lowest BCUT2D eigenvalue weighted by atomic mass is 10.3. The van der Waals surface area contributed by atoms with Gasteiger partial charge >= 0.3 is 0 Å². The lowest BCUT2D eigenvalue weighted by Crippen LogP contribution is -2.11. The molecule has 0 bridgehead atoms. The molecule has 2 nitrogen and oxygen atoms in total. The van der Waals surface area contributed by atoms with Crippen molar-refractivity contribution in [3.8, 4) is 0 Å². The van der Waals surface area contributed by atoms with Gasteiger partial charge in [-0.2, -0.15) is 0 Å². The third-order valence-corrected chi connectivity index (χ3v) is 3.19. The van der Waals surface area contributed by atoms with E-state index in [0.29, 0.717) is 0 Å². The molecule has 0 aliphatic rings. The van der Waals surface area contributed by atoms with Crippen LogP contribution in [0.3, 0.4) is 0 Å². The molecule has 0 saturated heterocycles. The monoisotopic (exact) mass is 207 g/mol. The highest BCUT2D eigenvalue weighted by atomic mass is 32.1. The van der Waals surface area contributed by atoms with E-state index < -0.39 is 0 Å². The molecule has 74 valence electrons. The molecule has 0 unspecified atom stereocenters. The van der Waals surface area contributed by atoms with Crippen LogP contribution in [-0.4, -0.2) is 0 Å². The first kappa shape index (κ1) is 9.49. The Morgan fingerprint density at radius 1 is 1.36 bits per heavy atom. The first-order valence-corrected chi connectivity index (χ1v) is 5.49. The Balaban J connectivity index is 1.81. The summed E-state index contributed by atoms with van der Waals surface area (Å²) in [7, 11) is 0. The van der Waals surface area contributed by atoms with Crippen LogP contribution in [0.5, 0.6) is 0 Å². The summed E-state index contributed by atoms with van der Waals surface area (Å²) in [6, 6.07) is 4.13. The molecule has 2 aromatic heterocycles. The zero-order chi connectivity index (χ0) is 9.80. The fourth-order valence-corrected chi connectivity index (χ4v) is 2.17. The highest BCUT2D eigenvalue weighted by Gasteiger charge is 1.99. The van der Waals surface area contributed by atoms with E-state index >= 15 is 0 Å². The normalized spacial score (nSPS) is 10.6. The summed E-state index contributed by atoms with van der Waals surface area (Å²) in [5.41, 5.74) is 2.56. The van der Waals surface area contributed by atoms with Gasteiger partial charge in [-0.15, -0.1) is 11.3 Å². The Morgan fingerprint density at radius 3 is 2.93 bits per heavy atom. The van der Waals surface area contributed by atoms with E-state index in [4.69, 9.17) is 4.42 Å². The van der Waals surface area contributed by atoms with Crippen LogP contribution in [-0.2, 0) is 13.1 Å². The molecule has 0 amide bonds. The maximum atomic E-state index is 4.99. The van der Waals surface area contributed by atoms with Gasteiger partial charge in [0.1, 0.15) is 0 Å². The van der Waals surface area contributed by atoms with Crippen LogP contribution < -0.4 is 5.32 Å². The fourth-order valence-electron chi connectivity index (χ4n) is 1.30. The molecule has 0 atom stereocenters. The number of rotatable bonds is 4. The van der Waals surface area contributed by atoms with Gasteiger partial charge in [0.15, 0.2) is 0 Å². The van der Waals surface area contributed by atoms with Crippen molar-refractivity contribution in [3.05, 3.63) is 46.0 Å². The maximum Gasteiger partial charge on any atom is 0.0947 e. The van der Waals surface area contributed by atoms with Crippen molar-refractivity contribution >= 4 is 11.3 Å². The molecule has 2 rings (SSSR count). The summed E-state index contributed by atoms with van der Waals surface area (Å²) in [5, 5.41) is 5.51. The summed E-state index contributed by atoms with van der Waals surface area (Å²) in [6.45, 7) is 3.95. The number of aryl methyl sites for hydroxylation is 1. The highest BCUT2D eigenvalue weighted by Crippen LogP contribution is 2.14. The summed E-state index contributed by atoms with van der Waals surface area (Å²) < 4.78 is 4.99. The third-order valence-electron chi connectivity index (χ3n) is 2.16. The van der Waals surface area contributed by atoms with Crippen molar-refractivity contribution in [2.24, 2.45) is 0 Å². The minimum Gasteiger partial charge on any atom is -0.472 e. The van der Waals surface area contributed by atoms with Gasteiger partial charge in [-0.05, 0) is 30.0 Å². The standard InChI is InChI=1S/C11H13NOS/c1-9-3-5-14-11(9)7-12-6-10-2-4-13-8-10/h2-5,8,12H,6-7H2,1H3. The van der Waals surface area contributed by atoms with Crippen LogP contribution in [0.15, 0.2) is 34.5 Å². The largest absolute Gasteiger partial charge is 0.472 e. The molecule has 0 radical (unpaired) electrons. The van der Waals surface area contributed by atoms with Crippen molar-refractivity contribution in [1.82, 2.24) is 5.32 Å². The summed E-state index contributed by atoms with van der Waals surface area (Å²) in [4.78, 5) is 1.41. The lowest BCUT2D eigenvalue weighted by molar-refractivity contribution is 0.560. The minimum absolute atomic E-state index is 0.869. The smallest absolute Gasteiger partial charge is 0.0947 e. The molecule has 0 aliphatic heterocycles. The predicted octanol–water partition coefficient (Wildman–Crippen LogP) is 2.94. The minimum atomic E-state index is 0.869. The van der Waals surface area contributed by atoms with E-state index in [9.17, 15) is 0 Å². The maximum absolute atomic E-state index is 4.99. The van der Waals surface area contributed by atoms with E-state index in [-0.39, 0.29) is 0 Å². The quantitative estimate of drug-likeness (QED) is 0.834. The van der Waals surface area contributed by atoms with Crippen molar-refractivity contribution < 1.29 is 4.42 Å². The first-order valence-electron chi connectivity index (χ1n) is 4.61. The molecule has 14 heavy (non-hydrogen) atoms. The molecule has 1 N–H and O–H groups in total. The third kappa shape index (κ3) is 2.25. The van der Waals surface area contributed by atoms with Crippen LogP contribution in [0, 0.1) is 6.92 Å². The van der Waals surface area contributed by atoms with Crippen molar-refractivity contribution in [3.63, 3.8) is 0 Å². The molecule has 2 heterocycles. The van der Waals surface area contributed by atoms with Gasteiger partial charge in [0.25, 0.3) is 0 Å². The number of furan rings is 1. The molecule has 3 heteroatoms. The first-order chi connectivity index (χ1) is 6.86. The van der Waals surface area contributed by atoms with Gasteiger partial charge in [-0.1, -0.05) is 0 Å². The Bertz CT molecular complexity index is 378. The number of hydrogen-bond acceptors (Lipinski definition) is 3. The summed E-state index contributed by atoms with van der Waals surface area (Å²) >= 11 is 1.80. The summed E-state index contributed by atoms with van der Waals surface area (Å²) in [6.07, 6.45) is 3.47. The SMILES string of the molecule is Cc1ccsc1CNCc1ccoc1. The van der Waals surface area contributed by atoms with E-state index in [2.05, 4.69) is 23.7 Å². The molecule has 0 aromatic carbocycles. The Hall–Kier alpha value is -1.06. The van der Waals surface area contributed by atoms with Crippen LogP contribution in [0.4, 0.5) is 0 Å². The van der Waals surface area contributed by atoms with Crippen LogP contribution in [0.1, 0.15) is 16.0 Å². The van der Waals surface area contributed by atoms with Gasteiger partial charge in [0, 0.05) is 23.5 Å². The number of thiophene rings is 1. The van der Waals surface area contributed by atoms with Gasteiger partial charge in [-0.25, -0.2) is 0 Å². The Labute approximate surface area is 87.6 Å². The molecule has 0 aliphatic carbocycles. The lowest BCUT2D eigenvalue weighted by Gasteiger charge is -2.01. The molecule has 0 spiro atoms. The van der Waals surface area contributed by atoms with E-state index in [0.717, 1.165) is 13.1 Å². The zero-order valence-electron chi connectivity index (χ0n) is 8.12. The van der Waals surface area contributed by atoms with E-state index in [1.807, 2.05) is 6.07 Å². The molecule has 0 saturated carbocycles. The van der Waals surface area contributed by atoms with Crippen molar-refractivity contribution in [2.75, 3.05) is 0 Å². The second-order valence-electron chi connectivity index (χ2n) is 3.26. The van der Waals surface area contributed by atoms with Crippen LogP contribution in [0.25, 0.3) is 0 Å². The predicted molar refractivity (Wildman–Crippen MR) is 58.3 cm³/mol. The Morgan fingerprint density at radius 2 is 2.29 bits per heavy atom. The number of nitrogens with one attached hydrogen (secondary N) is 1. The van der Waals surface area contributed by atoms with Crippen molar-refractivity contribution in [1.29, 1.82) is 0 Å². The molecule has 2 aromatic rings. The van der Waals surface area contributed by atoms with Gasteiger partial charge in [-0.3, -0.25) is 0 Å². The second-order valence-corrected chi connectivity index (χ2v) is 4.26. The average molecular weight is 207 g/mol. The van der Waals surface area contributed by atoms with Crippen LogP contribution in [0.2, 0.25) is 0 Å². The average Bonchev–Trinajstić information content (AvgIpc) is 2.78. The molecular weight excluding hydrogens is 194 g/mol. The van der Waals surface area contributed by atoms with Gasteiger partial charge < -0.3 is 9.73 Å². The topological polar surface area (TPSA) is 25.2 Å². The summed E-state index contributed by atoms with van der Waals surface area (Å²) in [5.74, 6) is 0. The van der Waals surface area contributed by atoms with Gasteiger partial charge in [0.2, 0.25) is 0 Å². The molecular formula is C11H13NOS. The fraction of sp³-hybridized carbons (Fsp3) is 0.273. The van der Waals surface area contributed by atoms with Crippen LogP contribution >= 0.6 is 11.3 Å². The van der Waals surface area contributed by atoms with E-state index in [1.54, 1.807) is 23.9 Å². The van der Waals surface area contributed by atoms with Crippen molar-refractivity contribution in [2.45, 2.75) is 20.0 Å². The number of hydrogen-bond donors (Lipinski definition) is 1. The second kappa shape index (κ2) is 4.44. The Kier molecular flexibility index (Phi) is 3.01. The van der Waals surface area contributed by atoms with Gasteiger partial charge in [0.05, 0.1) is 12.5 Å².